The van der Waals surface area contributed by atoms with E-state index in [1.54, 1.807) is 24.5 Å². The van der Waals surface area contributed by atoms with Gasteiger partial charge >= 0.3 is 6.09 Å². The molecule has 1 amide bonds. The van der Waals surface area contributed by atoms with Gasteiger partial charge in [0.25, 0.3) is 0 Å². The number of nitrogens with zero attached hydrogens (tertiary/aromatic N) is 5. The molecule has 0 radical (unpaired) electrons. The molecular weight excluding hydrogens is 490 g/mol. The van der Waals surface area contributed by atoms with Crippen LogP contribution in [0.3, 0.4) is 0 Å². The van der Waals surface area contributed by atoms with Crippen molar-refractivity contribution in [2.45, 2.75) is 63.7 Å². The molecule has 2 aromatic heterocycles. The molecule has 11 heteroatoms. The number of carbonyl (C=O) groups excluding carboxylic acids is 1. The van der Waals surface area contributed by atoms with Crippen LogP contribution in [0.4, 0.5) is 25.3 Å². The van der Waals surface area contributed by atoms with Crippen molar-refractivity contribution in [3.63, 3.8) is 0 Å². The van der Waals surface area contributed by atoms with Crippen LogP contribution in [0, 0.1) is 5.82 Å². The van der Waals surface area contributed by atoms with E-state index >= 15 is 0 Å². The van der Waals surface area contributed by atoms with Crippen LogP contribution >= 0.6 is 11.6 Å². The van der Waals surface area contributed by atoms with E-state index in [1.165, 1.54) is 18.0 Å². The van der Waals surface area contributed by atoms with Gasteiger partial charge in [-0.25, -0.2) is 23.5 Å². The van der Waals surface area contributed by atoms with Gasteiger partial charge in [0.05, 0.1) is 22.6 Å². The number of alkyl halides is 1. The van der Waals surface area contributed by atoms with Crippen molar-refractivity contribution in [3.05, 3.63) is 59.0 Å². The fourth-order valence-corrected chi connectivity index (χ4v) is 4.56. The van der Waals surface area contributed by atoms with Crippen molar-refractivity contribution in [1.82, 2.24) is 19.5 Å². The fourth-order valence-electron chi connectivity index (χ4n) is 4.35. The molecule has 1 aliphatic heterocycles. The molecule has 3 aromatic rings. The first kappa shape index (κ1) is 24.4. The van der Waals surface area contributed by atoms with E-state index in [9.17, 15) is 13.6 Å². The first-order chi connectivity index (χ1) is 17.0. The molecule has 0 bridgehead atoms. The van der Waals surface area contributed by atoms with Crippen LogP contribution in [0.1, 0.15) is 51.8 Å². The van der Waals surface area contributed by atoms with E-state index < -0.39 is 35.1 Å². The van der Waals surface area contributed by atoms with Crippen LogP contribution < -0.4 is 10.2 Å². The Balaban J connectivity index is 1.40. The summed E-state index contributed by atoms with van der Waals surface area (Å²) in [6.45, 7) is 7.14. The van der Waals surface area contributed by atoms with E-state index in [4.69, 9.17) is 16.3 Å². The van der Waals surface area contributed by atoms with Gasteiger partial charge in [0, 0.05) is 18.1 Å². The third-order valence-corrected chi connectivity index (χ3v) is 6.89. The number of nitrogens with one attached hydrogen (secondary N) is 1. The Bertz CT molecular complexity index is 1320. The maximum atomic E-state index is 14.6. The average molecular weight is 517 g/mol. The van der Waals surface area contributed by atoms with E-state index in [-0.39, 0.29) is 17.4 Å². The number of cyclic esters (lactones) is 1. The van der Waals surface area contributed by atoms with Gasteiger partial charge in [0.1, 0.15) is 30.5 Å². The standard InChI is InChI=1S/C25H27ClF2N6O2/c1-14(27)18-12-36-23(35)34(18)20-5-8-29-22(31-20)32-25(6-7-25)19-11-33(13-30-19)15-9-16(24(2,3)4)21(28)17(26)10-15/h5,8-11,13-14,18H,6-7,12H2,1-4H3,(H,29,31,32)/t14-,18+/m0/s1. The number of rotatable bonds is 6. The zero-order valence-electron chi connectivity index (χ0n) is 20.4. The van der Waals surface area contributed by atoms with Gasteiger partial charge < -0.3 is 14.6 Å². The summed E-state index contributed by atoms with van der Waals surface area (Å²) < 4.78 is 35.5. The Morgan fingerprint density at radius 1 is 1.28 bits per heavy atom. The van der Waals surface area contributed by atoms with E-state index in [2.05, 4.69) is 20.3 Å². The first-order valence-electron chi connectivity index (χ1n) is 11.7. The quantitative estimate of drug-likeness (QED) is 0.463. The van der Waals surface area contributed by atoms with Gasteiger partial charge in [-0.15, -0.1) is 0 Å². The molecule has 0 spiro atoms. The van der Waals surface area contributed by atoms with Gasteiger partial charge in [-0.2, -0.15) is 4.98 Å². The molecule has 0 unspecified atom stereocenters. The molecule has 190 valence electrons. The van der Waals surface area contributed by atoms with Crippen LogP contribution in [0.5, 0.6) is 0 Å². The molecule has 1 saturated carbocycles. The summed E-state index contributed by atoms with van der Waals surface area (Å²) in [6.07, 6.45) is 4.73. The predicted octanol–water partition coefficient (Wildman–Crippen LogP) is 5.54. The highest BCUT2D eigenvalue weighted by Gasteiger charge is 2.47. The Kier molecular flexibility index (Phi) is 5.89. The summed E-state index contributed by atoms with van der Waals surface area (Å²) in [4.78, 5) is 26.8. The van der Waals surface area contributed by atoms with Crippen molar-refractivity contribution >= 4 is 29.5 Å². The summed E-state index contributed by atoms with van der Waals surface area (Å²) in [6, 6.07) is 4.16. The fraction of sp³-hybridized carbons (Fsp3) is 0.440. The highest BCUT2D eigenvalue weighted by molar-refractivity contribution is 6.31. The van der Waals surface area contributed by atoms with Gasteiger partial charge in [0.2, 0.25) is 5.95 Å². The highest BCUT2D eigenvalue weighted by Crippen LogP contribution is 2.47. The molecule has 1 aromatic carbocycles. The Hall–Kier alpha value is -3.27. The van der Waals surface area contributed by atoms with Crippen molar-refractivity contribution in [2.75, 3.05) is 16.8 Å². The molecule has 1 aliphatic carbocycles. The maximum absolute atomic E-state index is 14.6. The summed E-state index contributed by atoms with van der Waals surface area (Å²) in [5.41, 5.74) is 1.09. The van der Waals surface area contributed by atoms with Gasteiger partial charge in [-0.1, -0.05) is 32.4 Å². The van der Waals surface area contributed by atoms with Gasteiger partial charge in [-0.3, -0.25) is 4.90 Å². The molecule has 2 fully saturated rings. The first-order valence-corrected chi connectivity index (χ1v) is 12.1. The Morgan fingerprint density at radius 3 is 2.69 bits per heavy atom. The van der Waals surface area contributed by atoms with Gasteiger partial charge in [0.15, 0.2) is 0 Å². The lowest BCUT2D eigenvalue weighted by Gasteiger charge is -2.22. The number of ether oxygens (including phenoxy) is 1. The summed E-state index contributed by atoms with van der Waals surface area (Å²) in [5, 5.41) is 3.39. The maximum Gasteiger partial charge on any atom is 0.416 e. The second-order valence-corrected chi connectivity index (χ2v) is 10.7. The third kappa shape index (κ3) is 4.38. The molecule has 1 saturated heterocycles. The zero-order valence-corrected chi connectivity index (χ0v) is 21.2. The topological polar surface area (TPSA) is 85.2 Å². The number of carbonyl (C=O) groups is 1. The normalized spacial score (nSPS) is 19.8. The van der Waals surface area contributed by atoms with Crippen LogP contribution in [-0.4, -0.2) is 44.4 Å². The molecular formula is C25H27ClF2N6O2. The van der Waals surface area contributed by atoms with Crippen molar-refractivity contribution in [1.29, 1.82) is 0 Å². The van der Waals surface area contributed by atoms with E-state index in [1.807, 2.05) is 31.5 Å². The number of benzene rings is 1. The molecule has 2 atom stereocenters. The minimum atomic E-state index is -1.28. The average Bonchev–Trinajstić information content (AvgIpc) is 3.23. The largest absolute Gasteiger partial charge is 0.447 e. The number of hydrogen-bond acceptors (Lipinski definition) is 6. The van der Waals surface area contributed by atoms with Crippen LogP contribution in [0.25, 0.3) is 5.69 Å². The molecule has 3 heterocycles. The Morgan fingerprint density at radius 2 is 2.03 bits per heavy atom. The van der Waals surface area contributed by atoms with Crippen LogP contribution in [-0.2, 0) is 15.7 Å². The van der Waals surface area contributed by atoms with E-state index in [0.29, 0.717) is 17.2 Å². The van der Waals surface area contributed by atoms with Gasteiger partial charge in [-0.05, 0) is 48.9 Å². The summed E-state index contributed by atoms with van der Waals surface area (Å²) >= 11 is 6.20. The number of imidazole rings is 1. The smallest absolute Gasteiger partial charge is 0.416 e. The molecule has 5 rings (SSSR count). The van der Waals surface area contributed by atoms with Crippen molar-refractivity contribution in [3.8, 4) is 5.69 Å². The minimum absolute atomic E-state index is 0.0328. The lowest BCUT2D eigenvalue weighted by molar-refractivity contribution is 0.174. The molecule has 36 heavy (non-hydrogen) atoms. The highest BCUT2D eigenvalue weighted by atomic mass is 35.5. The number of hydrogen-bond donors (Lipinski definition) is 1. The lowest BCUT2D eigenvalue weighted by atomic mass is 9.86. The second-order valence-electron chi connectivity index (χ2n) is 10.3. The molecule has 2 aliphatic rings. The number of anilines is 2. The van der Waals surface area contributed by atoms with Crippen molar-refractivity contribution < 1.29 is 18.3 Å². The third-order valence-electron chi connectivity index (χ3n) is 6.62. The monoisotopic (exact) mass is 516 g/mol. The number of aromatic nitrogens is 4. The SMILES string of the molecule is C[C@H](F)[C@H]1COC(=O)N1c1ccnc(NC2(c3cn(-c4cc(Cl)c(F)c(C(C)(C)C)c4)cn3)CC2)n1. The zero-order chi connectivity index (χ0) is 25.8. The van der Waals surface area contributed by atoms with Crippen molar-refractivity contribution in [2.24, 2.45) is 0 Å². The van der Waals surface area contributed by atoms with E-state index in [0.717, 1.165) is 18.5 Å². The summed E-state index contributed by atoms with van der Waals surface area (Å²) in [7, 11) is 0. The molecule has 1 N–H and O–H groups in total. The number of amides is 1. The minimum Gasteiger partial charge on any atom is -0.447 e. The lowest BCUT2D eigenvalue weighted by Crippen LogP contribution is -2.39. The summed E-state index contributed by atoms with van der Waals surface area (Å²) in [5.74, 6) is 0.141. The van der Waals surface area contributed by atoms with Crippen LogP contribution in [0.15, 0.2) is 36.9 Å². The molecule has 8 nitrogen and oxygen atoms in total. The van der Waals surface area contributed by atoms with Crippen LogP contribution in [0.2, 0.25) is 5.02 Å². The second kappa shape index (κ2) is 8.69. The number of halogens is 3. The predicted molar refractivity (Wildman–Crippen MR) is 132 cm³/mol. The Labute approximate surface area is 212 Å².